The average molecular weight is 306 g/mol. The van der Waals surface area contributed by atoms with Gasteiger partial charge in [0, 0.05) is 31.8 Å². The Morgan fingerprint density at radius 2 is 2.00 bits per heavy atom. The van der Waals surface area contributed by atoms with Crippen molar-refractivity contribution in [2.45, 2.75) is 45.6 Å². The maximum atomic E-state index is 10.6. The highest BCUT2D eigenvalue weighted by Crippen LogP contribution is 2.13. The number of aryl methyl sites for hydroxylation is 1. The van der Waals surface area contributed by atoms with Gasteiger partial charge in [0.15, 0.2) is 5.96 Å². The Balaban J connectivity index is 2.23. The Morgan fingerprint density at radius 3 is 2.55 bits per heavy atom. The fraction of sp³-hybridized carbons (Fsp3) is 0.562. The van der Waals surface area contributed by atoms with Crippen molar-refractivity contribution >= 4 is 11.6 Å². The van der Waals surface area contributed by atoms with E-state index in [0.29, 0.717) is 6.04 Å². The maximum absolute atomic E-state index is 10.6. The Bertz CT molecular complexity index is 485. The third kappa shape index (κ3) is 6.56. The molecule has 0 aliphatic heterocycles. The molecular weight excluding hydrogens is 280 g/mol. The van der Waals surface area contributed by atoms with Gasteiger partial charge in [-0.2, -0.15) is 0 Å². The lowest BCUT2D eigenvalue weighted by atomic mass is 10.1. The summed E-state index contributed by atoms with van der Waals surface area (Å²) in [4.78, 5) is 14.4. The standard InChI is InChI=1S/C16H26N4O2/c1-4-13(2)19-16(17-3)18-12-6-5-7-14-8-10-15(11-9-14)20(21)22/h8-11,13H,4-7,12H2,1-3H3,(H2,17,18,19). The van der Waals surface area contributed by atoms with Crippen LogP contribution in [0.1, 0.15) is 38.7 Å². The largest absolute Gasteiger partial charge is 0.356 e. The SMILES string of the molecule is CCC(C)NC(=NC)NCCCCc1ccc([N+](=O)[O-])cc1. The minimum Gasteiger partial charge on any atom is -0.356 e. The van der Waals surface area contributed by atoms with Gasteiger partial charge < -0.3 is 10.6 Å². The zero-order valence-corrected chi connectivity index (χ0v) is 13.6. The van der Waals surface area contributed by atoms with Crippen LogP contribution in [0, 0.1) is 10.1 Å². The predicted octanol–water partition coefficient (Wildman–Crippen LogP) is 2.88. The van der Waals surface area contributed by atoms with Gasteiger partial charge in [0.2, 0.25) is 0 Å². The van der Waals surface area contributed by atoms with Crippen LogP contribution in [-0.2, 0) is 6.42 Å². The van der Waals surface area contributed by atoms with E-state index < -0.39 is 0 Å². The first-order chi connectivity index (χ1) is 10.6. The van der Waals surface area contributed by atoms with E-state index in [9.17, 15) is 10.1 Å². The van der Waals surface area contributed by atoms with Crippen molar-refractivity contribution in [2.24, 2.45) is 4.99 Å². The molecule has 122 valence electrons. The lowest BCUT2D eigenvalue weighted by molar-refractivity contribution is -0.384. The molecule has 0 aliphatic rings. The number of nitrogens with one attached hydrogen (secondary N) is 2. The molecule has 0 radical (unpaired) electrons. The van der Waals surface area contributed by atoms with Crippen LogP contribution in [0.2, 0.25) is 0 Å². The molecule has 0 heterocycles. The molecular formula is C16H26N4O2. The number of hydrogen-bond acceptors (Lipinski definition) is 3. The van der Waals surface area contributed by atoms with Crippen LogP contribution in [-0.4, -0.2) is 30.5 Å². The van der Waals surface area contributed by atoms with E-state index in [2.05, 4.69) is 29.5 Å². The van der Waals surface area contributed by atoms with Gasteiger partial charge in [0.1, 0.15) is 0 Å². The van der Waals surface area contributed by atoms with E-state index in [-0.39, 0.29) is 10.6 Å². The number of aliphatic imine (C=N–C) groups is 1. The molecule has 2 N–H and O–H groups in total. The predicted molar refractivity (Wildman–Crippen MR) is 90.3 cm³/mol. The van der Waals surface area contributed by atoms with Gasteiger partial charge in [-0.1, -0.05) is 19.1 Å². The van der Waals surface area contributed by atoms with Crippen LogP contribution in [0.25, 0.3) is 0 Å². The molecule has 0 saturated carbocycles. The summed E-state index contributed by atoms with van der Waals surface area (Å²) < 4.78 is 0. The fourth-order valence-corrected chi connectivity index (χ4v) is 1.98. The number of rotatable bonds is 8. The molecule has 0 aromatic heterocycles. The fourth-order valence-electron chi connectivity index (χ4n) is 1.98. The van der Waals surface area contributed by atoms with E-state index >= 15 is 0 Å². The topological polar surface area (TPSA) is 79.6 Å². The molecule has 1 unspecified atom stereocenters. The Kier molecular flexibility index (Phi) is 7.96. The normalized spacial score (nSPS) is 12.8. The summed E-state index contributed by atoms with van der Waals surface area (Å²) >= 11 is 0. The van der Waals surface area contributed by atoms with Crippen molar-refractivity contribution in [2.75, 3.05) is 13.6 Å². The average Bonchev–Trinajstić information content (AvgIpc) is 2.53. The molecule has 1 atom stereocenters. The zero-order valence-electron chi connectivity index (χ0n) is 13.6. The monoisotopic (exact) mass is 306 g/mol. The third-order valence-corrected chi connectivity index (χ3v) is 3.55. The van der Waals surface area contributed by atoms with Gasteiger partial charge in [-0.3, -0.25) is 15.1 Å². The Labute approximate surface area is 132 Å². The van der Waals surface area contributed by atoms with Crippen molar-refractivity contribution in [1.82, 2.24) is 10.6 Å². The van der Waals surface area contributed by atoms with Gasteiger partial charge in [-0.15, -0.1) is 0 Å². The van der Waals surface area contributed by atoms with Gasteiger partial charge in [-0.25, -0.2) is 0 Å². The number of hydrogen-bond donors (Lipinski definition) is 2. The number of guanidine groups is 1. The lowest BCUT2D eigenvalue weighted by Crippen LogP contribution is -2.42. The second-order valence-corrected chi connectivity index (χ2v) is 5.33. The molecule has 0 bridgehead atoms. The van der Waals surface area contributed by atoms with Crippen molar-refractivity contribution in [3.8, 4) is 0 Å². The summed E-state index contributed by atoms with van der Waals surface area (Å²) in [5, 5.41) is 17.2. The van der Waals surface area contributed by atoms with Crippen LogP contribution in [0.3, 0.4) is 0 Å². The summed E-state index contributed by atoms with van der Waals surface area (Å²) in [6.07, 6.45) is 4.04. The molecule has 0 spiro atoms. The molecule has 1 rings (SSSR count). The molecule has 0 aliphatic carbocycles. The summed E-state index contributed by atoms with van der Waals surface area (Å²) in [6.45, 7) is 5.12. The van der Waals surface area contributed by atoms with E-state index in [1.165, 1.54) is 0 Å². The smallest absolute Gasteiger partial charge is 0.269 e. The van der Waals surface area contributed by atoms with Crippen LogP contribution >= 0.6 is 0 Å². The number of unbranched alkanes of at least 4 members (excludes halogenated alkanes) is 1. The Hall–Kier alpha value is -2.11. The van der Waals surface area contributed by atoms with Crippen molar-refractivity contribution < 1.29 is 4.92 Å². The first-order valence-electron chi connectivity index (χ1n) is 7.77. The molecule has 1 aromatic rings. The van der Waals surface area contributed by atoms with Crippen molar-refractivity contribution in [3.05, 3.63) is 39.9 Å². The molecule has 6 heteroatoms. The van der Waals surface area contributed by atoms with Gasteiger partial charge >= 0.3 is 0 Å². The molecule has 0 fully saturated rings. The maximum Gasteiger partial charge on any atom is 0.269 e. The number of nitrogens with zero attached hydrogens (tertiary/aromatic N) is 2. The third-order valence-electron chi connectivity index (χ3n) is 3.55. The second kappa shape index (κ2) is 9.76. The van der Waals surface area contributed by atoms with E-state index in [1.807, 2.05) is 12.1 Å². The Morgan fingerprint density at radius 1 is 1.32 bits per heavy atom. The van der Waals surface area contributed by atoms with Gasteiger partial charge in [0.05, 0.1) is 4.92 Å². The summed E-state index contributed by atoms with van der Waals surface area (Å²) in [7, 11) is 1.77. The summed E-state index contributed by atoms with van der Waals surface area (Å²) in [6, 6.07) is 7.19. The zero-order chi connectivity index (χ0) is 16.4. The summed E-state index contributed by atoms with van der Waals surface area (Å²) in [5.41, 5.74) is 1.28. The minimum atomic E-state index is -0.371. The van der Waals surface area contributed by atoms with Crippen molar-refractivity contribution in [3.63, 3.8) is 0 Å². The molecule has 6 nitrogen and oxygen atoms in total. The molecule has 1 aromatic carbocycles. The lowest BCUT2D eigenvalue weighted by Gasteiger charge is -2.16. The quantitative estimate of drug-likeness (QED) is 0.254. The van der Waals surface area contributed by atoms with Crippen LogP contribution < -0.4 is 10.6 Å². The van der Waals surface area contributed by atoms with Crippen molar-refractivity contribution in [1.29, 1.82) is 0 Å². The van der Waals surface area contributed by atoms with E-state index in [1.54, 1.807) is 19.2 Å². The highest BCUT2D eigenvalue weighted by atomic mass is 16.6. The number of non-ortho nitro benzene ring substituents is 1. The van der Waals surface area contributed by atoms with Gasteiger partial charge in [-0.05, 0) is 38.2 Å². The minimum absolute atomic E-state index is 0.144. The first-order valence-corrected chi connectivity index (χ1v) is 7.77. The van der Waals surface area contributed by atoms with Crippen LogP contribution in [0.15, 0.2) is 29.3 Å². The summed E-state index contributed by atoms with van der Waals surface area (Å²) in [5.74, 6) is 0.838. The number of nitro groups is 1. The van der Waals surface area contributed by atoms with E-state index in [4.69, 9.17) is 0 Å². The highest BCUT2D eigenvalue weighted by Gasteiger charge is 2.04. The van der Waals surface area contributed by atoms with E-state index in [0.717, 1.165) is 43.8 Å². The second-order valence-electron chi connectivity index (χ2n) is 5.33. The molecule has 0 saturated heterocycles. The van der Waals surface area contributed by atoms with Gasteiger partial charge in [0.25, 0.3) is 5.69 Å². The highest BCUT2D eigenvalue weighted by molar-refractivity contribution is 5.79. The van der Waals surface area contributed by atoms with Crippen LogP contribution in [0.4, 0.5) is 5.69 Å². The van der Waals surface area contributed by atoms with Crippen LogP contribution in [0.5, 0.6) is 0 Å². The first kappa shape index (κ1) is 17.9. The number of nitro benzene ring substituents is 1. The molecule has 0 amide bonds. The number of benzene rings is 1. The molecule has 22 heavy (non-hydrogen) atoms.